The fraction of sp³-hybridized carbons (Fsp3) is 0.421. The molecule has 1 aromatic carbocycles. The highest BCUT2D eigenvalue weighted by atomic mass is 32.2. The maximum atomic E-state index is 12.8. The van der Waals surface area contributed by atoms with Gasteiger partial charge in [-0.15, -0.1) is 0 Å². The van der Waals surface area contributed by atoms with Gasteiger partial charge in [0.25, 0.3) is 5.91 Å². The summed E-state index contributed by atoms with van der Waals surface area (Å²) in [6.45, 7) is 5.74. The lowest BCUT2D eigenvalue weighted by molar-refractivity contribution is 0.0741. The van der Waals surface area contributed by atoms with E-state index in [9.17, 15) is 13.2 Å². The van der Waals surface area contributed by atoms with Gasteiger partial charge in [-0.05, 0) is 38.3 Å². The number of para-hydroxylation sites is 1. The Morgan fingerprint density at radius 3 is 2.44 bits per heavy atom. The van der Waals surface area contributed by atoms with Crippen molar-refractivity contribution in [3.05, 3.63) is 46.9 Å². The molecule has 144 valence electrons. The van der Waals surface area contributed by atoms with Crippen LogP contribution in [0.3, 0.4) is 0 Å². The van der Waals surface area contributed by atoms with E-state index in [4.69, 9.17) is 0 Å². The van der Waals surface area contributed by atoms with Crippen molar-refractivity contribution in [3.63, 3.8) is 0 Å². The van der Waals surface area contributed by atoms with Crippen LogP contribution in [0.4, 0.5) is 11.5 Å². The number of anilines is 2. The van der Waals surface area contributed by atoms with Gasteiger partial charge in [0.15, 0.2) is 9.84 Å². The van der Waals surface area contributed by atoms with Crippen LogP contribution in [0.25, 0.3) is 0 Å². The summed E-state index contributed by atoms with van der Waals surface area (Å²) in [5.74, 6) is 0.842. The highest BCUT2D eigenvalue weighted by Crippen LogP contribution is 2.24. The quantitative estimate of drug-likeness (QED) is 0.865. The van der Waals surface area contributed by atoms with Crippen LogP contribution >= 0.6 is 0 Å². The number of carbonyl (C=O) groups excluding carboxylic acids is 1. The van der Waals surface area contributed by atoms with E-state index < -0.39 is 9.84 Å². The molecule has 1 fully saturated rings. The maximum absolute atomic E-state index is 12.8. The minimum Gasteiger partial charge on any atom is -0.340 e. The Morgan fingerprint density at radius 2 is 1.85 bits per heavy atom. The van der Waals surface area contributed by atoms with Gasteiger partial charge in [-0.3, -0.25) is 4.79 Å². The van der Waals surface area contributed by atoms with Crippen LogP contribution in [0, 0.1) is 20.8 Å². The first-order valence-corrected chi connectivity index (χ1v) is 10.6. The van der Waals surface area contributed by atoms with Gasteiger partial charge >= 0.3 is 0 Å². The molecule has 27 heavy (non-hydrogen) atoms. The van der Waals surface area contributed by atoms with Gasteiger partial charge in [0.1, 0.15) is 17.3 Å². The number of amides is 1. The van der Waals surface area contributed by atoms with Gasteiger partial charge in [0, 0.05) is 24.8 Å². The van der Waals surface area contributed by atoms with Gasteiger partial charge in [-0.25, -0.2) is 18.4 Å². The third-order valence-electron chi connectivity index (χ3n) is 4.87. The van der Waals surface area contributed by atoms with Crippen LogP contribution in [0.1, 0.15) is 33.9 Å². The van der Waals surface area contributed by atoms with Crippen molar-refractivity contribution in [2.24, 2.45) is 0 Å². The summed E-state index contributed by atoms with van der Waals surface area (Å²) in [7, 11) is -1.43. The summed E-state index contributed by atoms with van der Waals surface area (Å²) in [5, 5.41) is 3.28. The summed E-state index contributed by atoms with van der Waals surface area (Å²) in [4.78, 5) is 23.0. The van der Waals surface area contributed by atoms with Crippen LogP contribution in [0.2, 0.25) is 0 Å². The van der Waals surface area contributed by atoms with Crippen LogP contribution in [-0.2, 0) is 9.84 Å². The minimum absolute atomic E-state index is 0.00676. The van der Waals surface area contributed by atoms with Crippen LogP contribution in [0.5, 0.6) is 0 Å². The molecule has 2 aromatic rings. The number of benzene rings is 1. The lowest BCUT2D eigenvalue weighted by atomic mass is 10.1. The van der Waals surface area contributed by atoms with E-state index in [0.29, 0.717) is 18.1 Å². The Bertz CT molecular complexity index is 968. The molecule has 1 aliphatic rings. The van der Waals surface area contributed by atoms with Crippen LogP contribution in [0.15, 0.2) is 24.3 Å². The first-order chi connectivity index (χ1) is 12.7. The summed E-state index contributed by atoms with van der Waals surface area (Å²) in [6.07, 6.45) is 0.460. The van der Waals surface area contributed by atoms with Crippen LogP contribution < -0.4 is 5.32 Å². The van der Waals surface area contributed by atoms with E-state index in [1.807, 2.05) is 32.0 Å². The molecule has 1 saturated heterocycles. The van der Waals surface area contributed by atoms with E-state index in [-0.39, 0.29) is 29.1 Å². The van der Waals surface area contributed by atoms with E-state index >= 15 is 0 Å². The molecule has 1 N–H and O–H groups in total. The second-order valence-electron chi connectivity index (χ2n) is 7.05. The zero-order valence-electron chi connectivity index (χ0n) is 16.0. The van der Waals surface area contributed by atoms with Gasteiger partial charge < -0.3 is 10.2 Å². The Kier molecular flexibility index (Phi) is 5.19. The number of nitrogens with zero attached hydrogens (tertiary/aromatic N) is 3. The Hall–Kier alpha value is -2.48. The molecule has 0 aliphatic carbocycles. The highest BCUT2D eigenvalue weighted by Gasteiger charge is 2.33. The molecule has 1 amide bonds. The molecule has 0 radical (unpaired) electrons. The monoisotopic (exact) mass is 388 g/mol. The smallest absolute Gasteiger partial charge is 0.272 e. The molecular weight excluding hydrogens is 364 g/mol. The molecule has 8 heteroatoms. The fourth-order valence-electron chi connectivity index (χ4n) is 3.31. The molecule has 1 unspecified atom stereocenters. The Morgan fingerprint density at radius 1 is 1.19 bits per heavy atom. The topological polar surface area (TPSA) is 92.3 Å². The zero-order valence-corrected chi connectivity index (χ0v) is 16.8. The third kappa shape index (κ3) is 4.27. The average molecular weight is 388 g/mol. The second-order valence-corrected chi connectivity index (χ2v) is 9.28. The van der Waals surface area contributed by atoms with Gasteiger partial charge in [-0.2, -0.15) is 0 Å². The number of hydrogen-bond donors (Lipinski definition) is 1. The van der Waals surface area contributed by atoms with E-state index in [0.717, 1.165) is 16.8 Å². The summed E-state index contributed by atoms with van der Waals surface area (Å²) in [6, 6.07) is 7.29. The average Bonchev–Trinajstić information content (AvgIpc) is 2.96. The van der Waals surface area contributed by atoms with Gasteiger partial charge in [0.05, 0.1) is 11.5 Å². The highest BCUT2D eigenvalue weighted by molar-refractivity contribution is 7.91. The van der Waals surface area contributed by atoms with Gasteiger partial charge in [-0.1, -0.05) is 18.2 Å². The molecule has 0 spiro atoms. The Labute approximate surface area is 159 Å². The van der Waals surface area contributed by atoms with E-state index in [1.165, 1.54) is 4.90 Å². The summed E-state index contributed by atoms with van der Waals surface area (Å²) in [5.41, 5.74) is 3.35. The van der Waals surface area contributed by atoms with Crippen molar-refractivity contribution in [3.8, 4) is 0 Å². The standard InChI is InChI=1S/C19H24N4O3S/c1-12-6-5-7-13(2)18(12)22-17-10-16(20-14(3)21-17)19(24)23(4)15-8-9-27(25,26)11-15/h5-7,10,15H,8-9,11H2,1-4H3,(H,20,21,22). The lowest BCUT2D eigenvalue weighted by Crippen LogP contribution is -2.38. The number of aryl methyl sites for hydroxylation is 3. The molecule has 1 aliphatic heterocycles. The normalized spacial score (nSPS) is 18.3. The molecule has 1 aromatic heterocycles. The Balaban J connectivity index is 1.86. The first kappa shape index (κ1) is 19.3. The predicted molar refractivity (Wildman–Crippen MR) is 105 cm³/mol. The van der Waals surface area contributed by atoms with Crippen molar-refractivity contribution in [2.45, 2.75) is 33.2 Å². The van der Waals surface area contributed by atoms with E-state index in [2.05, 4.69) is 15.3 Å². The second kappa shape index (κ2) is 7.26. The largest absolute Gasteiger partial charge is 0.340 e. The number of aromatic nitrogens is 2. The first-order valence-electron chi connectivity index (χ1n) is 8.83. The van der Waals surface area contributed by atoms with Crippen molar-refractivity contribution in [2.75, 3.05) is 23.9 Å². The lowest BCUT2D eigenvalue weighted by Gasteiger charge is -2.23. The zero-order chi connectivity index (χ0) is 19.8. The molecular formula is C19H24N4O3S. The van der Waals surface area contributed by atoms with Crippen molar-refractivity contribution >= 4 is 27.2 Å². The number of hydrogen-bond acceptors (Lipinski definition) is 6. The third-order valence-corrected chi connectivity index (χ3v) is 6.62. The molecule has 0 saturated carbocycles. The maximum Gasteiger partial charge on any atom is 0.272 e. The SMILES string of the molecule is Cc1nc(Nc2c(C)cccc2C)cc(C(=O)N(C)C2CCS(=O)(=O)C2)n1. The minimum atomic E-state index is -3.06. The molecule has 2 heterocycles. The van der Waals surface area contributed by atoms with Gasteiger partial charge in [0.2, 0.25) is 0 Å². The predicted octanol–water partition coefficient (Wildman–Crippen LogP) is 2.40. The molecule has 3 rings (SSSR count). The van der Waals surface area contributed by atoms with Crippen molar-refractivity contribution in [1.82, 2.24) is 14.9 Å². The van der Waals surface area contributed by atoms with Crippen molar-refractivity contribution in [1.29, 1.82) is 0 Å². The number of rotatable bonds is 4. The number of sulfone groups is 1. The molecule has 1 atom stereocenters. The number of nitrogens with one attached hydrogen (secondary N) is 1. The molecule has 7 nitrogen and oxygen atoms in total. The summed E-state index contributed by atoms with van der Waals surface area (Å²) >= 11 is 0. The van der Waals surface area contributed by atoms with Crippen molar-refractivity contribution < 1.29 is 13.2 Å². The van der Waals surface area contributed by atoms with E-state index in [1.54, 1.807) is 20.0 Å². The van der Waals surface area contributed by atoms with Crippen LogP contribution in [-0.4, -0.2) is 53.8 Å². The fourth-order valence-corrected chi connectivity index (χ4v) is 5.08. The molecule has 0 bridgehead atoms. The number of carbonyl (C=O) groups is 1. The summed E-state index contributed by atoms with van der Waals surface area (Å²) < 4.78 is 23.4.